The molecule has 14 nitrogen and oxygen atoms in total. The van der Waals surface area contributed by atoms with Crippen LogP contribution < -0.4 is 33.4 Å². The van der Waals surface area contributed by atoms with Gasteiger partial charge in [0.15, 0.2) is 5.78 Å². The molecule has 41 heavy (non-hydrogen) atoms. The van der Waals surface area contributed by atoms with Crippen LogP contribution in [0.4, 0.5) is 9.59 Å². The van der Waals surface area contributed by atoms with Gasteiger partial charge in [-0.3, -0.25) is 26.9 Å². The van der Waals surface area contributed by atoms with E-state index in [9.17, 15) is 14.4 Å². The molecule has 3 heterocycles. The Morgan fingerprint density at radius 3 is 1.59 bits per heavy atom. The molecule has 3 fully saturated rings. The summed E-state index contributed by atoms with van der Waals surface area (Å²) in [5, 5.41) is 0. The predicted molar refractivity (Wildman–Crippen MR) is 158 cm³/mol. The number of amides is 2. The van der Waals surface area contributed by atoms with Crippen molar-refractivity contribution in [2.75, 3.05) is 39.6 Å². The highest BCUT2D eigenvalue weighted by atomic mass is 36.5. The summed E-state index contributed by atoms with van der Waals surface area (Å²) in [5.41, 5.74) is 9.02. The summed E-state index contributed by atoms with van der Waals surface area (Å²) in [7, 11) is 8.22. The molecule has 8 N–H and O–H groups in total. The van der Waals surface area contributed by atoms with Crippen molar-refractivity contribution in [2.24, 2.45) is 11.7 Å². The van der Waals surface area contributed by atoms with E-state index in [2.05, 4.69) is 38.0 Å². The molecule has 3 rings (SSSR count). The maximum atomic E-state index is 11.3. The summed E-state index contributed by atoms with van der Waals surface area (Å²) < 4.78 is 25.0. The number of nitrogens with two attached hydrogens (primary N) is 2. The van der Waals surface area contributed by atoms with Crippen LogP contribution in [-0.2, 0) is 28.5 Å². The first-order valence-electron chi connectivity index (χ1n) is 13.5. The Labute approximate surface area is 254 Å². The third-order valence-electron chi connectivity index (χ3n) is 4.86. The Bertz CT molecular complexity index is 676. The van der Waals surface area contributed by atoms with Crippen molar-refractivity contribution >= 4 is 39.7 Å². The van der Waals surface area contributed by atoms with Gasteiger partial charge in [-0.15, -0.1) is 0 Å². The lowest BCUT2D eigenvalue weighted by Crippen LogP contribution is -2.49. The van der Waals surface area contributed by atoms with Gasteiger partial charge in [0.05, 0.1) is 13.2 Å². The van der Waals surface area contributed by atoms with E-state index in [-0.39, 0.29) is 11.8 Å². The van der Waals surface area contributed by atoms with E-state index in [4.69, 9.17) is 35.4 Å². The van der Waals surface area contributed by atoms with Crippen LogP contribution in [0.15, 0.2) is 0 Å². The first kappa shape index (κ1) is 41.6. The topological polar surface area (TPSA) is 198 Å². The average molecular weight is 636 g/mol. The zero-order chi connectivity index (χ0) is 31.7. The maximum absolute atomic E-state index is 11.3. The molecule has 244 valence electrons. The van der Waals surface area contributed by atoms with E-state index < -0.39 is 23.4 Å². The van der Waals surface area contributed by atoms with Crippen LogP contribution in [0.3, 0.4) is 0 Å². The molecular weight excluding hydrogens is 583 g/mol. The third kappa shape index (κ3) is 29.8. The highest BCUT2D eigenvalue weighted by molar-refractivity contribution is 6.85. The monoisotopic (exact) mass is 634 g/mol. The van der Waals surface area contributed by atoms with Gasteiger partial charge in [-0.2, -0.15) is 0 Å². The van der Waals surface area contributed by atoms with Crippen molar-refractivity contribution in [1.29, 1.82) is 0 Å². The molecule has 0 saturated carbocycles. The number of halogens is 2. The number of ether oxygens (including phenoxy) is 5. The van der Waals surface area contributed by atoms with Gasteiger partial charge in [0.2, 0.25) is 0 Å². The molecule has 0 aromatic carbocycles. The van der Waals surface area contributed by atoms with E-state index in [1.165, 1.54) is 0 Å². The van der Waals surface area contributed by atoms with E-state index in [0.29, 0.717) is 19.3 Å². The number of hydrogen-bond donors (Lipinski definition) is 6. The van der Waals surface area contributed by atoms with E-state index >= 15 is 0 Å². The first-order chi connectivity index (χ1) is 19.3. The number of hydrogen-bond acceptors (Lipinski definition) is 12. The Morgan fingerprint density at radius 1 is 0.805 bits per heavy atom. The average Bonchev–Trinajstić information content (AvgIpc) is 2.94. The fourth-order valence-electron chi connectivity index (χ4n) is 3.13. The van der Waals surface area contributed by atoms with Crippen LogP contribution in [0.1, 0.15) is 80.1 Å². The number of nitrogens with one attached hydrogen (secondary N) is 4. The van der Waals surface area contributed by atoms with Gasteiger partial charge in [0, 0.05) is 60.0 Å². The number of ketones is 1. The molecule has 2 atom stereocenters. The minimum atomic E-state index is -0.609. The minimum Gasteiger partial charge on any atom is -0.443 e. The molecule has 3 aliphatic rings. The molecule has 0 bridgehead atoms. The Morgan fingerprint density at radius 2 is 1.29 bits per heavy atom. The summed E-state index contributed by atoms with van der Waals surface area (Å²) in [6.07, 6.45) is 4.89. The van der Waals surface area contributed by atoms with E-state index in [0.717, 1.165) is 65.0 Å². The van der Waals surface area contributed by atoms with E-state index in [1.807, 2.05) is 26.2 Å². The fourth-order valence-corrected chi connectivity index (χ4v) is 3.13. The van der Waals surface area contributed by atoms with Crippen LogP contribution in [0, 0.1) is 0 Å². The molecule has 2 amide bonds. The van der Waals surface area contributed by atoms with Gasteiger partial charge in [-0.05, 0) is 73.6 Å². The standard InChI is InChI=1S/C10H20N2O3.C5H12N2O2.C5H12N2O.C5H8O2.Cl2/c1-10(2,3)15-9(13)12-11-8-5-4-6-14-7-8;1-5(2,3)9-4(8)7-6;6-7-5-2-1-3-8-4-5;6-5-2-1-3-7-4-5;1-2/h8,11H,4-7H2,1-3H3,(H,12,13);6H2,1-3H3,(H,7,8);5,7H,1-4,6H2;1-4H2;. The summed E-state index contributed by atoms with van der Waals surface area (Å²) in [4.78, 5) is 32.0. The molecule has 2 unspecified atom stereocenters. The summed E-state index contributed by atoms with van der Waals surface area (Å²) in [6, 6.07) is 0.579. The molecule has 0 aromatic heterocycles. The van der Waals surface area contributed by atoms with Crippen LogP contribution in [0.5, 0.6) is 0 Å². The normalized spacial score (nSPS) is 20.4. The second-order valence-corrected chi connectivity index (χ2v) is 11.1. The maximum Gasteiger partial charge on any atom is 0.422 e. The molecular formula is C25H52Cl2N6O8. The smallest absolute Gasteiger partial charge is 0.422 e. The summed E-state index contributed by atoms with van der Waals surface area (Å²) >= 11 is 0. The van der Waals surface area contributed by atoms with Gasteiger partial charge >= 0.3 is 12.2 Å². The number of carbonyl (C=O) groups excluding carboxylic acids is 3. The number of Topliss-reactive ketones (excluding diaryl/α,β-unsaturated/α-hetero) is 1. The zero-order valence-corrected chi connectivity index (χ0v) is 26.8. The number of rotatable bonds is 3. The molecule has 0 spiro atoms. The van der Waals surface area contributed by atoms with Gasteiger partial charge in [-0.25, -0.2) is 20.9 Å². The van der Waals surface area contributed by atoms with E-state index in [1.54, 1.807) is 20.8 Å². The summed E-state index contributed by atoms with van der Waals surface area (Å²) in [6.45, 7) is 15.0. The molecule has 3 saturated heterocycles. The van der Waals surface area contributed by atoms with Crippen molar-refractivity contribution < 1.29 is 38.1 Å². The molecule has 0 aliphatic carbocycles. The predicted octanol–water partition coefficient (Wildman–Crippen LogP) is 2.95. The molecule has 0 radical (unpaired) electrons. The van der Waals surface area contributed by atoms with Crippen molar-refractivity contribution in [3.05, 3.63) is 0 Å². The highest BCUT2D eigenvalue weighted by Crippen LogP contribution is 2.08. The second kappa shape index (κ2) is 25.0. The number of hydrazine groups is 3. The molecule has 3 aliphatic heterocycles. The molecule has 16 heteroatoms. The van der Waals surface area contributed by atoms with Gasteiger partial charge < -0.3 is 23.7 Å². The van der Waals surface area contributed by atoms with Crippen LogP contribution >= 0.6 is 21.7 Å². The Balaban J connectivity index is 0. The lowest BCUT2D eigenvalue weighted by molar-refractivity contribution is -0.126. The van der Waals surface area contributed by atoms with Crippen LogP contribution in [0.2, 0.25) is 0 Å². The zero-order valence-electron chi connectivity index (χ0n) is 25.3. The second-order valence-electron chi connectivity index (χ2n) is 11.1. The van der Waals surface area contributed by atoms with Crippen LogP contribution in [0.25, 0.3) is 0 Å². The Kier molecular flexibility index (Phi) is 25.4. The summed E-state index contributed by atoms with van der Waals surface area (Å²) in [5.74, 6) is 10.2. The first-order valence-corrected chi connectivity index (χ1v) is 14.7. The quantitative estimate of drug-likeness (QED) is 0.151. The fraction of sp³-hybridized carbons (Fsp3) is 0.880. The van der Waals surface area contributed by atoms with Crippen molar-refractivity contribution in [1.82, 2.24) is 21.7 Å². The third-order valence-corrected chi connectivity index (χ3v) is 4.86. The largest absolute Gasteiger partial charge is 0.443 e. The molecule has 0 aromatic rings. The number of carbonyl (C=O) groups is 3. The van der Waals surface area contributed by atoms with Gasteiger partial charge in [0.1, 0.15) is 17.8 Å². The van der Waals surface area contributed by atoms with Gasteiger partial charge in [-0.1, -0.05) is 0 Å². The van der Waals surface area contributed by atoms with Crippen molar-refractivity contribution in [3.63, 3.8) is 0 Å². The van der Waals surface area contributed by atoms with Gasteiger partial charge in [0.25, 0.3) is 0 Å². The highest BCUT2D eigenvalue weighted by Gasteiger charge is 2.18. The lowest BCUT2D eigenvalue weighted by Gasteiger charge is -2.25. The van der Waals surface area contributed by atoms with Crippen molar-refractivity contribution in [2.45, 2.75) is 103 Å². The van der Waals surface area contributed by atoms with Crippen LogP contribution in [-0.4, -0.2) is 80.9 Å². The minimum absolute atomic E-state index is 0.186. The lowest BCUT2D eigenvalue weighted by atomic mass is 10.1. The SMILES string of the molecule is CC(C)(C)OC(=O)NN.CC(C)(C)OC(=O)NNC1CCCOC1.ClCl.NNC1CCCOC1.O=C1CCCOC1. The van der Waals surface area contributed by atoms with Crippen molar-refractivity contribution in [3.8, 4) is 0 Å². The Hall–Kier alpha value is -1.49.